The van der Waals surface area contributed by atoms with Gasteiger partial charge in [-0.25, -0.2) is 0 Å². The Balaban J connectivity index is 1.50. The first-order chi connectivity index (χ1) is 12.3. The third-order valence-corrected chi connectivity index (χ3v) is 4.98. The Labute approximate surface area is 150 Å². The number of para-hydroxylation sites is 1. The summed E-state index contributed by atoms with van der Waals surface area (Å²) in [5.74, 6) is 0.293. The van der Waals surface area contributed by atoms with Crippen LogP contribution in [0, 0.1) is 11.8 Å². The van der Waals surface area contributed by atoms with Crippen molar-refractivity contribution in [2.75, 3.05) is 38.0 Å². The first-order valence-corrected chi connectivity index (χ1v) is 8.73. The molecular formula is C18H22F3N3O2. The highest BCUT2D eigenvalue weighted by atomic mass is 19.4. The Morgan fingerprint density at radius 2 is 1.77 bits per heavy atom. The maximum absolute atomic E-state index is 13.0. The summed E-state index contributed by atoms with van der Waals surface area (Å²) in [4.78, 5) is 28.0. The molecule has 0 bridgehead atoms. The molecule has 1 aliphatic heterocycles. The quantitative estimate of drug-likeness (QED) is 0.887. The molecule has 1 aromatic rings. The first kappa shape index (κ1) is 18.7. The fourth-order valence-electron chi connectivity index (χ4n) is 3.26. The van der Waals surface area contributed by atoms with E-state index in [0.29, 0.717) is 32.1 Å². The van der Waals surface area contributed by atoms with Gasteiger partial charge in [0.05, 0.1) is 17.8 Å². The van der Waals surface area contributed by atoms with Gasteiger partial charge in [-0.2, -0.15) is 13.2 Å². The largest absolute Gasteiger partial charge is 0.418 e. The van der Waals surface area contributed by atoms with E-state index in [0.717, 1.165) is 12.5 Å². The van der Waals surface area contributed by atoms with Crippen molar-refractivity contribution in [2.24, 2.45) is 11.8 Å². The van der Waals surface area contributed by atoms with Crippen LogP contribution in [-0.2, 0) is 15.8 Å². The number of amides is 2. The van der Waals surface area contributed by atoms with E-state index in [-0.39, 0.29) is 24.1 Å². The lowest BCUT2D eigenvalue weighted by molar-refractivity contribution is -0.137. The minimum absolute atomic E-state index is 0.00799. The minimum Gasteiger partial charge on any atom is -0.340 e. The molecule has 2 aliphatic rings. The average molecular weight is 369 g/mol. The van der Waals surface area contributed by atoms with Gasteiger partial charge in [0, 0.05) is 32.1 Å². The van der Waals surface area contributed by atoms with E-state index < -0.39 is 17.6 Å². The fourth-order valence-corrected chi connectivity index (χ4v) is 3.26. The SMILES string of the molecule is CC1CC1C(=O)N1CCN(CC(=O)Nc2ccccc2C(F)(F)F)CC1. The van der Waals surface area contributed by atoms with E-state index in [9.17, 15) is 22.8 Å². The molecule has 2 atom stereocenters. The molecule has 8 heteroatoms. The number of hydrogen-bond acceptors (Lipinski definition) is 3. The van der Waals surface area contributed by atoms with Gasteiger partial charge in [-0.05, 0) is 24.5 Å². The molecule has 2 amide bonds. The molecule has 5 nitrogen and oxygen atoms in total. The van der Waals surface area contributed by atoms with Gasteiger partial charge in [-0.3, -0.25) is 14.5 Å². The summed E-state index contributed by atoms with van der Waals surface area (Å²) < 4.78 is 38.9. The zero-order chi connectivity index (χ0) is 18.9. The van der Waals surface area contributed by atoms with Crippen LogP contribution in [0.5, 0.6) is 0 Å². The second-order valence-electron chi connectivity index (χ2n) is 7.01. The summed E-state index contributed by atoms with van der Waals surface area (Å²) in [6.45, 7) is 4.25. The number of nitrogens with zero attached hydrogens (tertiary/aromatic N) is 2. The summed E-state index contributed by atoms with van der Waals surface area (Å²) in [5.41, 5.74) is -1.09. The number of nitrogens with one attached hydrogen (secondary N) is 1. The zero-order valence-electron chi connectivity index (χ0n) is 14.6. The molecule has 1 saturated heterocycles. The molecule has 142 valence electrons. The molecule has 26 heavy (non-hydrogen) atoms. The molecule has 2 fully saturated rings. The summed E-state index contributed by atoms with van der Waals surface area (Å²) >= 11 is 0. The lowest BCUT2D eigenvalue weighted by Gasteiger charge is -2.34. The number of anilines is 1. The third-order valence-electron chi connectivity index (χ3n) is 4.98. The van der Waals surface area contributed by atoms with Gasteiger partial charge in [0.15, 0.2) is 0 Å². The lowest BCUT2D eigenvalue weighted by atomic mass is 10.1. The molecule has 1 heterocycles. The minimum atomic E-state index is -4.52. The van der Waals surface area contributed by atoms with E-state index in [1.54, 1.807) is 0 Å². The van der Waals surface area contributed by atoms with E-state index in [4.69, 9.17) is 0 Å². The van der Waals surface area contributed by atoms with Crippen LogP contribution in [0.2, 0.25) is 0 Å². The summed E-state index contributed by atoms with van der Waals surface area (Å²) in [6.07, 6.45) is -3.57. The van der Waals surface area contributed by atoms with Gasteiger partial charge < -0.3 is 10.2 Å². The van der Waals surface area contributed by atoms with Crippen LogP contribution in [0.4, 0.5) is 18.9 Å². The third kappa shape index (κ3) is 4.35. The van der Waals surface area contributed by atoms with Gasteiger partial charge in [0.25, 0.3) is 0 Å². The molecule has 2 unspecified atom stereocenters. The molecule has 1 saturated carbocycles. The Kier molecular flexibility index (Phi) is 5.22. The van der Waals surface area contributed by atoms with Crippen molar-refractivity contribution in [2.45, 2.75) is 19.5 Å². The Morgan fingerprint density at radius 3 is 2.35 bits per heavy atom. The second-order valence-corrected chi connectivity index (χ2v) is 7.01. The van der Waals surface area contributed by atoms with Crippen LogP contribution in [0.1, 0.15) is 18.9 Å². The number of halogens is 3. The van der Waals surface area contributed by atoms with Crippen LogP contribution in [-0.4, -0.2) is 54.3 Å². The van der Waals surface area contributed by atoms with Crippen molar-refractivity contribution < 1.29 is 22.8 Å². The summed E-state index contributed by atoms with van der Waals surface area (Å²) in [5, 5.41) is 2.35. The number of rotatable bonds is 4. The van der Waals surface area contributed by atoms with Gasteiger partial charge in [-0.15, -0.1) is 0 Å². The van der Waals surface area contributed by atoms with Crippen molar-refractivity contribution in [1.82, 2.24) is 9.80 Å². The van der Waals surface area contributed by atoms with E-state index >= 15 is 0 Å². The van der Waals surface area contributed by atoms with Crippen molar-refractivity contribution in [3.8, 4) is 0 Å². The molecule has 3 rings (SSSR count). The fraction of sp³-hybridized carbons (Fsp3) is 0.556. The molecule has 0 radical (unpaired) electrons. The first-order valence-electron chi connectivity index (χ1n) is 8.73. The van der Waals surface area contributed by atoms with E-state index in [2.05, 4.69) is 12.2 Å². The van der Waals surface area contributed by atoms with Crippen molar-refractivity contribution in [3.05, 3.63) is 29.8 Å². The van der Waals surface area contributed by atoms with Crippen LogP contribution in [0.15, 0.2) is 24.3 Å². The number of carbonyl (C=O) groups is 2. The smallest absolute Gasteiger partial charge is 0.340 e. The van der Waals surface area contributed by atoms with Crippen LogP contribution >= 0.6 is 0 Å². The topological polar surface area (TPSA) is 52.7 Å². The molecule has 1 aromatic carbocycles. The van der Waals surface area contributed by atoms with Crippen LogP contribution < -0.4 is 5.32 Å². The van der Waals surface area contributed by atoms with Gasteiger partial charge >= 0.3 is 6.18 Å². The van der Waals surface area contributed by atoms with Crippen molar-refractivity contribution in [3.63, 3.8) is 0 Å². The Bertz CT molecular complexity index is 685. The normalized spacial score (nSPS) is 23.6. The van der Waals surface area contributed by atoms with Gasteiger partial charge in [0.2, 0.25) is 11.8 Å². The Hall–Kier alpha value is -2.09. The molecular weight excluding hydrogens is 347 g/mol. The number of hydrogen-bond donors (Lipinski definition) is 1. The predicted octanol–water partition coefficient (Wildman–Crippen LogP) is 2.44. The zero-order valence-corrected chi connectivity index (χ0v) is 14.6. The van der Waals surface area contributed by atoms with Crippen molar-refractivity contribution in [1.29, 1.82) is 0 Å². The Morgan fingerprint density at radius 1 is 1.15 bits per heavy atom. The molecule has 0 spiro atoms. The highest BCUT2D eigenvalue weighted by molar-refractivity contribution is 5.93. The highest BCUT2D eigenvalue weighted by Gasteiger charge is 2.42. The van der Waals surface area contributed by atoms with Crippen LogP contribution in [0.3, 0.4) is 0 Å². The summed E-state index contributed by atoms with van der Waals surface area (Å²) in [6, 6.07) is 4.93. The maximum atomic E-state index is 13.0. The second kappa shape index (κ2) is 7.26. The molecule has 1 N–H and O–H groups in total. The van der Waals surface area contributed by atoms with E-state index in [1.807, 2.05) is 9.80 Å². The van der Waals surface area contributed by atoms with Gasteiger partial charge in [-0.1, -0.05) is 19.1 Å². The average Bonchev–Trinajstić information content (AvgIpc) is 3.31. The standard InChI is InChI=1S/C18H22F3N3O2/c1-12-10-13(12)17(26)24-8-6-23(7-9-24)11-16(25)22-15-5-3-2-4-14(15)18(19,20)21/h2-5,12-13H,6-11H2,1H3,(H,22,25). The lowest BCUT2D eigenvalue weighted by Crippen LogP contribution is -2.51. The number of benzene rings is 1. The van der Waals surface area contributed by atoms with Gasteiger partial charge in [0.1, 0.15) is 0 Å². The van der Waals surface area contributed by atoms with Crippen LogP contribution in [0.25, 0.3) is 0 Å². The highest BCUT2D eigenvalue weighted by Crippen LogP contribution is 2.39. The van der Waals surface area contributed by atoms with E-state index in [1.165, 1.54) is 18.2 Å². The number of piperazine rings is 1. The maximum Gasteiger partial charge on any atom is 0.418 e. The monoisotopic (exact) mass is 369 g/mol. The molecule has 1 aliphatic carbocycles. The van der Waals surface area contributed by atoms with Crippen molar-refractivity contribution >= 4 is 17.5 Å². The molecule has 0 aromatic heterocycles. The number of carbonyl (C=O) groups excluding carboxylic acids is 2. The summed E-state index contributed by atoms with van der Waals surface area (Å²) in [7, 11) is 0. The predicted molar refractivity (Wildman–Crippen MR) is 90.4 cm³/mol. The number of alkyl halides is 3.